The van der Waals surface area contributed by atoms with Gasteiger partial charge in [0.1, 0.15) is 0 Å². The number of thioether (sulfide) groups is 1. The highest BCUT2D eigenvalue weighted by molar-refractivity contribution is 7.99. The van der Waals surface area contributed by atoms with E-state index in [1.54, 1.807) is 0 Å². The lowest BCUT2D eigenvalue weighted by atomic mass is 10.1. The van der Waals surface area contributed by atoms with Gasteiger partial charge in [-0.1, -0.05) is 30.7 Å². The van der Waals surface area contributed by atoms with Crippen LogP contribution in [0, 0.1) is 0 Å². The second-order valence-electron chi connectivity index (χ2n) is 5.55. The standard InChI is InChI=1S/C16H24ClNOS/c1-3-20-15-9-8-14(10-15)18(2)11-16(19)12-4-6-13(17)7-5-12/h4-7,14-16,19H,3,8-11H2,1-2H3/t14-,15-,16+/m1/s1. The Kier molecular flexibility index (Phi) is 6.21. The number of aliphatic hydroxyl groups excluding tert-OH is 1. The number of hydrogen-bond donors (Lipinski definition) is 1. The maximum atomic E-state index is 10.3. The fourth-order valence-corrected chi connectivity index (χ4v) is 4.18. The molecule has 0 unspecified atom stereocenters. The highest BCUT2D eigenvalue weighted by Gasteiger charge is 2.28. The molecule has 1 fully saturated rings. The molecule has 0 amide bonds. The second kappa shape index (κ2) is 7.69. The molecule has 1 aliphatic rings. The molecule has 2 rings (SSSR count). The van der Waals surface area contributed by atoms with E-state index in [1.807, 2.05) is 24.3 Å². The maximum Gasteiger partial charge on any atom is 0.0916 e. The third kappa shape index (κ3) is 4.39. The number of aliphatic hydroxyl groups is 1. The van der Waals surface area contributed by atoms with Gasteiger partial charge in [0, 0.05) is 22.9 Å². The molecule has 2 nitrogen and oxygen atoms in total. The zero-order chi connectivity index (χ0) is 14.5. The lowest BCUT2D eigenvalue weighted by Gasteiger charge is -2.27. The molecule has 0 saturated heterocycles. The summed E-state index contributed by atoms with van der Waals surface area (Å²) >= 11 is 7.95. The van der Waals surface area contributed by atoms with Crippen molar-refractivity contribution in [1.29, 1.82) is 0 Å². The largest absolute Gasteiger partial charge is 0.387 e. The summed E-state index contributed by atoms with van der Waals surface area (Å²) < 4.78 is 0. The smallest absolute Gasteiger partial charge is 0.0916 e. The van der Waals surface area contributed by atoms with Crippen LogP contribution in [-0.4, -0.2) is 40.6 Å². The highest BCUT2D eigenvalue weighted by atomic mass is 35.5. The summed E-state index contributed by atoms with van der Waals surface area (Å²) in [6.07, 6.45) is 3.38. The highest BCUT2D eigenvalue weighted by Crippen LogP contribution is 2.32. The Morgan fingerprint density at radius 2 is 2.05 bits per heavy atom. The molecule has 3 atom stereocenters. The molecule has 0 aromatic heterocycles. The number of nitrogens with zero attached hydrogens (tertiary/aromatic N) is 1. The summed E-state index contributed by atoms with van der Waals surface area (Å²) in [5, 5.41) is 11.8. The average Bonchev–Trinajstić information content (AvgIpc) is 2.88. The Morgan fingerprint density at radius 1 is 1.35 bits per heavy atom. The van der Waals surface area contributed by atoms with E-state index in [1.165, 1.54) is 25.0 Å². The van der Waals surface area contributed by atoms with E-state index in [0.717, 1.165) is 10.8 Å². The van der Waals surface area contributed by atoms with Gasteiger partial charge in [0.2, 0.25) is 0 Å². The first kappa shape index (κ1) is 16.2. The van der Waals surface area contributed by atoms with Crippen molar-refractivity contribution in [3.05, 3.63) is 34.9 Å². The fourth-order valence-electron chi connectivity index (χ4n) is 2.92. The van der Waals surface area contributed by atoms with Crippen LogP contribution >= 0.6 is 23.4 Å². The lowest BCUT2D eigenvalue weighted by Crippen LogP contribution is -2.33. The van der Waals surface area contributed by atoms with Gasteiger partial charge < -0.3 is 10.0 Å². The van der Waals surface area contributed by atoms with Gasteiger partial charge in [-0.15, -0.1) is 0 Å². The van der Waals surface area contributed by atoms with Crippen molar-refractivity contribution in [3.63, 3.8) is 0 Å². The molecule has 1 aliphatic carbocycles. The Bertz CT molecular complexity index is 411. The van der Waals surface area contributed by atoms with E-state index in [4.69, 9.17) is 11.6 Å². The van der Waals surface area contributed by atoms with Crippen molar-refractivity contribution in [2.24, 2.45) is 0 Å². The quantitative estimate of drug-likeness (QED) is 0.859. The van der Waals surface area contributed by atoms with Crippen molar-refractivity contribution in [3.8, 4) is 0 Å². The van der Waals surface area contributed by atoms with Crippen molar-refractivity contribution >= 4 is 23.4 Å². The number of hydrogen-bond acceptors (Lipinski definition) is 3. The fraction of sp³-hybridized carbons (Fsp3) is 0.625. The molecule has 20 heavy (non-hydrogen) atoms. The van der Waals surface area contributed by atoms with Gasteiger partial charge in [0.05, 0.1) is 6.10 Å². The number of rotatable bonds is 6. The van der Waals surface area contributed by atoms with E-state index in [-0.39, 0.29) is 0 Å². The maximum absolute atomic E-state index is 10.3. The van der Waals surface area contributed by atoms with Crippen LogP contribution in [0.15, 0.2) is 24.3 Å². The minimum absolute atomic E-state index is 0.435. The molecule has 0 aliphatic heterocycles. The summed E-state index contributed by atoms with van der Waals surface area (Å²) in [4.78, 5) is 2.31. The zero-order valence-corrected chi connectivity index (χ0v) is 13.8. The van der Waals surface area contributed by atoms with Crippen LogP contribution in [0.1, 0.15) is 37.9 Å². The summed E-state index contributed by atoms with van der Waals surface area (Å²) in [5.74, 6) is 1.20. The van der Waals surface area contributed by atoms with Gasteiger partial charge in [-0.25, -0.2) is 0 Å². The van der Waals surface area contributed by atoms with E-state index in [2.05, 4.69) is 30.6 Å². The van der Waals surface area contributed by atoms with Gasteiger partial charge >= 0.3 is 0 Å². The van der Waals surface area contributed by atoms with Crippen LogP contribution in [0.5, 0.6) is 0 Å². The molecule has 1 saturated carbocycles. The summed E-state index contributed by atoms with van der Waals surface area (Å²) in [7, 11) is 2.13. The average molecular weight is 314 g/mol. The second-order valence-corrected chi connectivity index (χ2v) is 7.56. The molecule has 112 valence electrons. The number of halogens is 1. The van der Waals surface area contributed by atoms with Crippen LogP contribution < -0.4 is 0 Å². The van der Waals surface area contributed by atoms with Gasteiger partial charge in [-0.3, -0.25) is 0 Å². The molecule has 0 spiro atoms. The predicted octanol–water partition coefficient (Wildman–Crippen LogP) is 3.98. The molecule has 1 aromatic carbocycles. The van der Waals surface area contributed by atoms with E-state index in [9.17, 15) is 5.11 Å². The molecule has 0 bridgehead atoms. The van der Waals surface area contributed by atoms with Crippen molar-refractivity contribution in [1.82, 2.24) is 4.90 Å². The summed E-state index contributed by atoms with van der Waals surface area (Å²) in [5.41, 5.74) is 0.943. The Labute approximate surface area is 131 Å². The zero-order valence-electron chi connectivity index (χ0n) is 12.3. The number of benzene rings is 1. The normalized spacial score (nSPS) is 24.2. The predicted molar refractivity (Wildman–Crippen MR) is 88.6 cm³/mol. The molecule has 0 radical (unpaired) electrons. The first-order valence-electron chi connectivity index (χ1n) is 7.35. The van der Waals surface area contributed by atoms with E-state index >= 15 is 0 Å². The first-order valence-corrected chi connectivity index (χ1v) is 8.78. The van der Waals surface area contributed by atoms with Crippen molar-refractivity contribution in [2.45, 2.75) is 43.6 Å². The molecule has 1 aromatic rings. The van der Waals surface area contributed by atoms with E-state index < -0.39 is 6.10 Å². The molecular formula is C16H24ClNOS. The molecular weight excluding hydrogens is 290 g/mol. The summed E-state index contributed by atoms with van der Waals surface area (Å²) in [6, 6.07) is 8.10. The molecule has 1 N–H and O–H groups in total. The van der Waals surface area contributed by atoms with Crippen LogP contribution in [0.2, 0.25) is 5.02 Å². The third-order valence-electron chi connectivity index (χ3n) is 4.10. The van der Waals surface area contributed by atoms with Crippen molar-refractivity contribution in [2.75, 3.05) is 19.3 Å². The molecule has 4 heteroatoms. The number of likely N-dealkylation sites (N-methyl/N-ethyl adjacent to an activating group) is 1. The first-order chi connectivity index (χ1) is 9.60. The van der Waals surface area contributed by atoms with Crippen LogP contribution in [0.3, 0.4) is 0 Å². The van der Waals surface area contributed by atoms with Gasteiger partial charge in [-0.2, -0.15) is 11.8 Å². The minimum atomic E-state index is -0.435. The Morgan fingerprint density at radius 3 is 2.70 bits per heavy atom. The molecule has 0 heterocycles. The van der Waals surface area contributed by atoms with Gasteiger partial charge in [0.15, 0.2) is 0 Å². The van der Waals surface area contributed by atoms with Gasteiger partial charge in [-0.05, 0) is 49.8 Å². The summed E-state index contributed by atoms with van der Waals surface area (Å²) in [6.45, 7) is 2.92. The van der Waals surface area contributed by atoms with Crippen LogP contribution in [-0.2, 0) is 0 Å². The topological polar surface area (TPSA) is 23.5 Å². The van der Waals surface area contributed by atoms with Crippen LogP contribution in [0.25, 0.3) is 0 Å². The monoisotopic (exact) mass is 313 g/mol. The lowest BCUT2D eigenvalue weighted by molar-refractivity contribution is 0.105. The Balaban J connectivity index is 1.85. The minimum Gasteiger partial charge on any atom is -0.387 e. The third-order valence-corrected chi connectivity index (χ3v) is 5.58. The van der Waals surface area contributed by atoms with E-state index in [0.29, 0.717) is 17.6 Å². The van der Waals surface area contributed by atoms with Crippen molar-refractivity contribution < 1.29 is 5.11 Å². The van der Waals surface area contributed by atoms with Gasteiger partial charge in [0.25, 0.3) is 0 Å². The SMILES string of the molecule is CCS[C@@H]1CC[C@@H](N(C)C[C@H](O)c2ccc(Cl)cc2)C1. The Hall–Kier alpha value is -0.220. The van der Waals surface area contributed by atoms with Crippen LogP contribution in [0.4, 0.5) is 0 Å².